The van der Waals surface area contributed by atoms with Crippen LogP contribution in [0.3, 0.4) is 0 Å². The summed E-state index contributed by atoms with van der Waals surface area (Å²) >= 11 is 0. The van der Waals surface area contributed by atoms with Crippen LogP contribution >= 0.6 is 0 Å². The van der Waals surface area contributed by atoms with Crippen LogP contribution in [0.4, 0.5) is 0 Å². The minimum Gasteiger partial charge on any atom is -0.508 e. The van der Waals surface area contributed by atoms with E-state index >= 15 is 0 Å². The molecular weight excluding hydrogens is 160 g/mol. The first-order valence-corrected chi connectivity index (χ1v) is 4.22. The molecule has 0 saturated heterocycles. The lowest BCUT2D eigenvalue weighted by atomic mass is 10.1. The molecule has 1 radical (unpaired) electrons. The quantitative estimate of drug-likeness (QED) is 0.694. The van der Waals surface area contributed by atoms with Crippen LogP contribution in [-0.2, 0) is 12.8 Å². The van der Waals surface area contributed by atoms with Gasteiger partial charge in [-0.3, -0.25) is 0 Å². The molecule has 1 nitrogen and oxygen atoms in total. The summed E-state index contributed by atoms with van der Waals surface area (Å²) in [7, 11) is 0. The van der Waals surface area contributed by atoms with Gasteiger partial charge in [0.1, 0.15) is 5.75 Å². The van der Waals surface area contributed by atoms with Gasteiger partial charge in [0.2, 0.25) is 0 Å². The fourth-order valence-electron chi connectivity index (χ4n) is 1.15. The molecule has 0 spiro atoms. The zero-order valence-electron chi connectivity index (χ0n) is 7.59. The Hall–Kier alpha value is -1.50. The Kier molecular flexibility index (Phi) is 3.32. The Morgan fingerprint density at radius 3 is 2.54 bits per heavy atom. The van der Waals surface area contributed by atoms with E-state index in [0.717, 1.165) is 17.5 Å². The summed E-state index contributed by atoms with van der Waals surface area (Å²) in [5, 5.41) is 9.54. The molecule has 1 aromatic rings. The van der Waals surface area contributed by atoms with Crippen molar-refractivity contribution in [2.75, 3.05) is 0 Å². The molecule has 0 fully saturated rings. The molecule has 1 heteroatoms. The molecule has 13 heavy (non-hydrogen) atoms. The van der Waals surface area contributed by atoms with Crippen LogP contribution in [0.25, 0.3) is 0 Å². The molecule has 0 bridgehead atoms. The van der Waals surface area contributed by atoms with E-state index in [2.05, 4.69) is 19.2 Å². The highest BCUT2D eigenvalue weighted by molar-refractivity contribution is 5.37. The zero-order chi connectivity index (χ0) is 9.68. The fourth-order valence-corrected chi connectivity index (χ4v) is 1.15. The Balaban J connectivity index is 2.90. The summed E-state index contributed by atoms with van der Waals surface area (Å²) in [5.74, 6) is 0.291. The number of phenols is 1. The van der Waals surface area contributed by atoms with Gasteiger partial charge in [-0.1, -0.05) is 18.2 Å². The van der Waals surface area contributed by atoms with Crippen LogP contribution in [0, 0.1) is 6.07 Å². The van der Waals surface area contributed by atoms with E-state index in [1.807, 2.05) is 6.07 Å². The number of benzene rings is 1. The lowest BCUT2D eigenvalue weighted by Gasteiger charge is -2.02. The van der Waals surface area contributed by atoms with Crippen molar-refractivity contribution in [1.29, 1.82) is 0 Å². The maximum Gasteiger partial charge on any atom is 0.119 e. The molecule has 1 aromatic carbocycles. The van der Waals surface area contributed by atoms with E-state index in [1.165, 1.54) is 0 Å². The van der Waals surface area contributed by atoms with Crippen molar-refractivity contribution in [3.05, 3.63) is 54.6 Å². The topological polar surface area (TPSA) is 20.2 Å². The SMILES string of the molecule is C=CCc1c[c]c(CC=C)c(O)c1. The highest BCUT2D eigenvalue weighted by Gasteiger charge is 2.00. The molecule has 0 atom stereocenters. The van der Waals surface area contributed by atoms with Crippen LogP contribution in [0.5, 0.6) is 5.75 Å². The Morgan fingerprint density at radius 1 is 1.31 bits per heavy atom. The maximum absolute atomic E-state index is 9.54. The summed E-state index contributed by atoms with van der Waals surface area (Å²) in [6, 6.07) is 6.64. The summed E-state index contributed by atoms with van der Waals surface area (Å²) in [6.07, 6.45) is 4.97. The van der Waals surface area contributed by atoms with Crippen molar-refractivity contribution in [2.24, 2.45) is 0 Å². The number of aromatic hydroxyl groups is 1. The van der Waals surface area contributed by atoms with E-state index in [9.17, 15) is 5.11 Å². The number of rotatable bonds is 4. The Morgan fingerprint density at radius 2 is 2.00 bits per heavy atom. The molecule has 0 saturated carbocycles. The second-order valence-electron chi connectivity index (χ2n) is 2.86. The molecule has 0 amide bonds. The van der Waals surface area contributed by atoms with E-state index in [4.69, 9.17) is 0 Å². The lowest BCUT2D eigenvalue weighted by Crippen LogP contribution is -1.86. The molecule has 0 aliphatic carbocycles. The van der Waals surface area contributed by atoms with Gasteiger partial charge in [-0.15, -0.1) is 13.2 Å². The molecule has 0 aromatic heterocycles. The average Bonchev–Trinajstić information content (AvgIpc) is 2.10. The third-order valence-corrected chi connectivity index (χ3v) is 1.79. The molecule has 0 aliphatic rings. The highest BCUT2D eigenvalue weighted by atomic mass is 16.3. The van der Waals surface area contributed by atoms with Crippen molar-refractivity contribution in [3.63, 3.8) is 0 Å². The standard InChI is InChI=1S/C12H13O/c1-3-5-10-7-8-11(6-4-2)12(13)9-10/h3-4,7,9,13H,1-2,5-6H2. The van der Waals surface area contributed by atoms with Crippen LogP contribution in [0.1, 0.15) is 11.1 Å². The molecule has 0 heterocycles. The molecule has 67 valence electrons. The lowest BCUT2D eigenvalue weighted by molar-refractivity contribution is 0.469. The largest absolute Gasteiger partial charge is 0.508 e. The minimum atomic E-state index is 0.291. The predicted molar refractivity (Wildman–Crippen MR) is 54.7 cm³/mol. The maximum atomic E-state index is 9.54. The molecule has 1 N–H and O–H groups in total. The number of phenolic OH excluding ortho intramolecular Hbond substituents is 1. The second kappa shape index (κ2) is 4.51. The van der Waals surface area contributed by atoms with Crippen molar-refractivity contribution in [3.8, 4) is 5.75 Å². The third-order valence-electron chi connectivity index (χ3n) is 1.79. The van der Waals surface area contributed by atoms with E-state index in [0.29, 0.717) is 12.2 Å². The van der Waals surface area contributed by atoms with Crippen molar-refractivity contribution in [1.82, 2.24) is 0 Å². The number of hydrogen-bond donors (Lipinski definition) is 1. The smallest absolute Gasteiger partial charge is 0.119 e. The highest BCUT2D eigenvalue weighted by Crippen LogP contribution is 2.19. The second-order valence-corrected chi connectivity index (χ2v) is 2.86. The first-order chi connectivity index (χ1) is 6.27. The van der Waals surface area contributed by atoms with Gasteiger partial charge in [0.25, 0.3) is 0 Å². The molecular formula is C12H13O. The first kappa shape index (κ1) is 9.59. The first-order valence-electron chi connectivity index (χ1n) is 4.22. The summed E-state index contributed by atoms with van der Waals surface area (Å²) in [4.78, 5) is 0. The summed E-state index contributed by atoms with van der Waals surface area (Å²) in [5.41, 5.74) is 1.82. The van der Waals surface area contributed by atoms with Crippen LogP contribution in [0.15, 0.2) is 37.4 Å². The van der Waals surface area contributed by atoms with Crippen molar-refractivity contribution in [2.45, 2.75) is 12.8 Å². The number of allylic oxidation sites excluding steroid dienone is 2. The monoisotopic (exact) mass is 173 g/mol. The predicted octanol–water partition coefficient (Wildman–Crippen LogP) is 2.65. The van der Waals surface area contributed by atoms with Gasteiger partial charge in [0.15, 0.2) is 0 Å². The summed E-state index contributed by atoms with van der Waals surface area (Å²) < 4.78 is 0. The molecule has 1 rings (SSSR count). The van der Waals surface area contributed by atoms with E-state index < -0.39 is 0 Å². The zero-order valence-corrected chi connectivity index (χ0v) is 7.59. The van der Waals surface area contributed by atoms with Gasteiger partial charge >= 0.3 is 0 Å². The van der Waals surface area contributed by atoms with E-state index in [1.54, 1.807) is 18.2 Å². The average molecular weight is 173 g/mol. The van der Waals surface area contributed by atoms with Gasteiger partial charge in [0.05, 0.1) is 0 Å². The molecule has 0 aliphatic heterocycles. The van der Waals surface area contributed by atoms with Crippen molar-refractivity contribution >= 4 is 0 Å². The summed E-state index contributed by atoms with van der Waals surface area (Å²) in [6.45, 7) is 7.24. The number of hydrogen-bond acceptors (Lipinski definition) is 1. The van der Waals surface area contributed by atoms with Crippen LogP contribution < -0.4 is 0 Å². The Bertz CT molecular complexity index is 313. The Labute approximate surface area is 79.0 Å². The third kappa shape index (κ3) is 2.48. The normalized spacial score (nSPS) is 9.54. The van der Waals surface area contributed by atoms with Crippen molar-refractivity contribution < 1.29 is 5.11 Å². The fraction of sp³-hybridized carbons (Fsp3) is 0.167. The van der Waals surface area contributed by atoms with Gasteiger partial charge < -0.3 is 5.11 Å². The van der Waals surface area contributed by atoms with Crippen LogP contribution in [0.2, 0.25) is 0 Å². The van der Waals surface area contributed by atoms with Gasteiger partial charge in [-0.05, 0) is 30.5 Å². The molecule has 0 unspecified atom stereocenters. The van der Waals surface area contributed by atoms with Gasteiger partial charge in [-0.25, -0.2) is 0 Å². The van der Waals surface area contributed by atoms with Gasteiger partial charge in [-0.2, -0.15) is 0 Å². The van der Waals surface area contributed by atoms with Crippen LogP contribution in [-0.4, -0.2) is 5.11 Å². The van der Waals surface area contributed by atoms with Gasteiger partial charge in [0, 0.05) is 5.56 Å². The van der Waals surface area contributed by atoms with E-state index in [-0.39, 0.29) is 0 Å². The minimum absolute atomic E-state index is 0.291.